The molecule has 2 fully saturated rings. The molecular weight excluding hydrogens is 442 g/mol. The van der Waals surface area contributed by atoms with Crippen molar-refractivity contribution < 1.29 is 13.2 Å². The molecule has 2 aliphatic rings. The number of sulfonamides is 1. The van der Waals surface area contributed by atoms with Crippen LogP contribution in [0.5, 0.6) is 0 Å². The van der Waals surface area contributed by atoms with E-state index in [1.165, 1.54) is 41.2 Å². The molecule has 8 heteroatoms. The fraction of sp³-hybridized carbons (Fsp3) is 0.375. The molecule has 32 heavy (non-hydrogen) atoms. The molecule has 0 radical (unpaired) electrons. The summed E-state index contributed by atoms with van der Waals surface area (Å²) >= 11 is 1.64. The number of benzene rings is 2. The lowest BCUT2D eigenvalue weighted by Crippen LogP contribution is -2.40. The van der Waals surface area contributed by atoms with Crippen molar-refractivity contribution in [1.29, 1.82) is 0 Å². The first-order chi connectivity index (χ1) is 15.6. The molecule has 6 nitrogen and oxygen atoms in total. The Kier molecular flexibility index (Phi) is 6.28. The van der Waals surface area contributed by atoms with Gasteiger partial charge in [-0.1, -0.05) is 43.2 Å². The highest BCUT2D eigenvalue weighted by molar-refractivity contribution is 7.89. The van der Waals surface area contributed by atoms with E-state index in [0.717, 1.165) is 10.5 Å². The Morgan fingerprint density at radius 1 is 0.938 bits per heavy atom. The van der Waals surface area contributed by atoms with Crippen molar-refractivity contribution in [2.75, 3.05) is 26.3 Å². The molecule has 5 rings (SSSR count). The molecule has 1 aliphatic carbocycles. The molecule has 0 amide bonds. The van der Waals surface area contributed by atoms with Crippen LogP contribution in [0.25, 0.3) is 11.3 Å². The van der Waals surface area contributed by atoms with Gasteiger partial charge in [0.1, 0.15) is 0 Å². The molecule has 1 saturated heterocycles. The van der Waals surface area contributed by atoms with Crippen LogP contribution in [0, 0.1) is 0 Å². The van der Waals surface area contributed by atoms with Crippen LogP contribution < -0.4 is 4.80 Å². The fourth-order valence-corrected chi connectivity index (χ4v) is 6.87. The summed E-state index contributed by atoms with van der Waals surface area (Å²) in [6.07, 6.45) is 4.82. The number of thiazole rings is 1. The molecule has 1 saturated carbocycles. The van der Waals surface area contributed by atoms with Crippen molar-refractivity contribution in [2.24, 2.45) is 4.99 Å². The zero-order chi connectivity index (χ0) is 22.0. The maximum atomic E-state index is 12.9. The maximum absolute atomic E-state index is 12.9. The van der Waals surface area contributed by atoms with Crippen molar-refractivity contribution >= 4 is 27.0 Å². The fourth-order valence-electron chi connectivity index (χ4n) is 4.48. The van der Waals surface area contributed by atoms with Crippen molar-refractivity contribution in [3.05, 3.63) is 64.8 Å². The average molecular weight is 470 g/mol. The molecule has 0 atom stereocenters. The summed E-state index contributed by atoms with van der Waals surface area (Å²) in [7, 11) is -3.50. The maximum Gasteiger partial charge on any atom is 0.243 e. The van der Waals surface area contributed by atoms with Crippen molar-refractivity contribution in [2.45, 2.75) is 36.6 Å². The van der Waals surface area contributed by atoms with E-state index in [0.29, 0.717) is 37.2 Å². The van der Waals surface area contributed by atoms with Gasteiger partial charge in [-0.05, 0) is 42.7 Å². The second-order valence-corrected chi connectivity index (χ2v) is 11.0. The third-order valence-electron chi connectivity index (χ3n) is 6.17. The second-order valence-electron chi connectivity index (χ2n) is 8.20. The SMILES string of the molecule is O=S(=O)(c1ccc(N=c2scc(-c3ccccc3)n2C2CCCC2)cc1)N1CCOCC1. The van der Waals surface area contributed by atoms with Crippen LogP contribution in [0.2, 0.25) is 0 Å². The van der Waals surface area contributed by atoms with Crippen molar-refractivity contribution in [3.8, 4) is 11.3 Å². The van der Waals surface area contributed by atoms with E-state index in [1.807, 2.05) is 6.07 Å². The molecule has 1 aromatic heterocycles. The van der Waals surface area contributed by atoms with Crippen LogP contribution >= 0.6 is 11.3 Å². The summed E-state index contributed by atoms with van der Waals surface area (Å²) in [4.78, 5) is 6.18. The number of morpholine rings is 1. The largest absolute Gasteiger partial charge is 0.379 e. The van der Waals surface area contributed by atoms with E-state index in [2.05, 4.69) is 34.2 Å². The van der Waals surface area contributed by atoms with Crippen LogP contribution in [0.4, 0.5) is 5.69 Å². The first-order valence-corrected chi connectivity index (χ1v) is 13.4. The molecule has 0 unspecified atom stereocenters. The molecule has 2 aromatic carbocycles. The lowest BCUT2D eigenvalue weighted by atomic mass is 10.1. The van der Waals surface area contributed by atoms with Gasteiger partial charge in [-0.2, -0.15) is 4.31 Å². The zero-order valence-electron chi connectivity index (χ0n) is 17.9. The summed E-state index contributed by atoms with van der Waals surface area (Å²) in [6.45, 7) is 1.67. The smallest absolute Gasteiger partial charge is 0.243 e. The number of rotatable bonds is 5. The summed E-state index contributed by atoms with van der Waals surface area (Å²) in [6, 6.07) is 17.8. The first-order valence-electron chi connectivity index (χ1n) is 11.1. The van der Waals surface area contributed by atoms with Gasteiger partial charge >= 0.3 is 0 Å². The Bertz CT molecular complexity index is 1220. The van der Waals surface area contributed by atoms with Crippen LogP contribution in [0.1, 0.15) is 31.7 Å². The topological polar surface area (TPSA) is 63.9 Å². The van der Waals surface area contributed by atoms with Crippen LogP contribution in [0.15, 0.2) is 69.9 Å². The predicted molar refractivity (Wildman–Crippen MR) is 126 cm³/mol. The summed E-state index contributed by atoms with van der Waals surface area (Å²) in [5.41, 5.74) is 3.16. The molecule has 1 aliphatic heterocycles. The highest BCUT2D eigenvalue weighted by Crippen LogP contribution is 2.33. The molecule has 0 bridgehead atoms. The highest BCUT2D eigenvalue weighted by Gasteiger charge is 2.26. The number of aromatic nitrogens is 1. The Balaban J connectivity index is 1.49. The van der Waals surface area contributed by atoms with E-state index in [4.69, 9.17) is 9.73 Å². The lowest BCUT2D eigenvalue weighted by molar-refractivity contribution is 0.0730. The predicted octanol–water partition coefficient (Wildman–Crippen LogP) is 4.59. The van der Waals surface area contributed by atoms with E-state index in [-0.39, 0.29) is 0 Å². The molecule has 0 N–H and O–H groups in total. The summed E-state index contributed by atoms with van der Waals surface area (Å²) in [5.74, 6) is 0. The second kappa shape index (κ2) is 9.31. The standard InChI is InChI=1S/C24H27N3O3S2/c28-32(29,26-14-16-30-17-15-26)22-12-10-20(11-13-22)25-24-27(21-8-4-5-9-21)23(18-31-24)19-6-2-1-3-7-19/h1-3,6-7,10-13,18,21H,4-5,8-9,14-17H2. The van der Waals surface area contributed by atoms with Gasteiger partial charge in [0.25, 0.3) is 0 Å². The first kappa shape index (κ1) is 21.6. The van der Waals surface area contributed by atoms with Crippen molar-refractivity contribution in [1.82, 2.24) is 8.87 Å². The van der Waals surface area contributed by atoms with Gasteiger partial charge in [-0.15, -0.1) is 11.3 Å². The third kappa shape index (κ3) is 4.32. The Morgan fingerprint density at radius 2 is 1.62 bits per heavy atom. The number of hydrogen-bond donors (Lipinski definition) is 0. The number of hydrogen-bond acceptors (Lipinski definition) is 5. The van der Waals surface area contributed by atoms with Gasteiger partial charge in [0.15, 0.2) is 4.80 Å². The van der Waals surface area contributed by atoms with E-state index in [9.17, 15) is 8.42 Å². The quantitative estimate of drug-likeness (QED) is 0.549. The number of nitrogens with zero attached hydrogens (tertiary/aromatic N) is 3. The van der Waals surface area contributed by atoms with Crippen LogP contribution in [-0.2, 0) is 14.8 Å². The Hall–Kier alpha value is -2.26. The normalized spacial score (nSPS) is 18.9. The molecule has 0 spiro atoms. The van der Waals surface area contributed by atoms with Gasteiger partial charge < -0.3 is 9.30 Å². The summed E-state index contributed by atoms with van der Waals surface area (Å²) in [5, 5.41) is 2.18. The Morgan fingerprint density at radius 3 is 2.31 bits per heavy atom. The Labute approximate surface area is 192 Å². The zero-order valence-corrected chi connectivity index (χ0v) is 19.5. The van der Waals surface area contributed by atoms with E-state index < -0.39 is 10.0 Å². The van der Waals surface area contributed by atoms with E-state index >= 15 is 0 Å². The molecule has 2 heterocycles. The monoisotopic (exact) mass is 469 g/mol. The molecular formula is C24H27N3O3S2. The van der Waals surface area contributed by atoms with Gasteiger partial charge in [0.2, 0.25) is 10.0 Å². The molecule has 3 aromatic rings. The highest BCUT2D eigenvalue weighted by atomic mass is 32.2. The van der Waals surface area contributed by atoms with E-state index in [1.54, 1.807) is 35.6 Å². The van der Waals surface area contributed by atoms with Gasteiger partial charge in [0.05, 0.1) is 29.5 Å². The van der Waals surface area contributed by atoms with Gasteiger partial charge in [-0.3, -0.25) is 0 Å². The molecule has 168 valence electrons. The van der Waals surface area contributed by atoms with Gasteiger partial charge in [-0.25, -0.2) is 13.4 Å². The van der Waals surface area contributed by atoms with Crippen LogP contribution in [0.3, 0.4) is 0 Å². The summed E-state index contributed by atoms with van der Waals surface area (Å²) < 4.78 is 34.9. The minimum Gasteiger partial charge on any atom is -0.379 e. The minimum atomic E-state index is -3.50. The van der Waals surface area contributed by atoms with Gasteiger partial charge in [0, 0.05) is 24.5 Å². The van der Waals surface area contributed by atoms with Crippen molar-refractivity contribution in [3.63, 3.8) is 0 Å². The third-order valence-corrected chi connectivity index (χ3v) is 8.92. The lowest BCUT2D eigenvalue weighted by Gasteiger charge is -2.26. The van der Waals surface area contributed by atoms with Crippen LogP contribution in [-0.4, -0.2) is 43.6 Å². The minimum absolute atomic E-state index is 0.304. The number of ether oxygens (including phenoxy) is 1. The average Bonchev–Trinajstić information content (AvgIpc) is 3.50.